The molecule has 3 heterocycles. The first-order valence-electron chi connectivity index (χ1n) is 13.2. The number of rotatable bonds is 7. The Hall–Kier alpha value is -5.15. The van der Waals surface area contributed by atoms with E-state index in [2.05, 4.69) is 10.3 Å². The Kier molecular flexibility index (Phi) is 7.34. The molecule has 1 aliphatic rings. The number of aliphatic hydroxyl groups excluding tert-OH is 1. The Morgan fingerprint density at radius 3 is 2.39 bits per heavy atom. The lowest BCUT2D eigenvalue weighted by molar-refractivity contribution is -0.156. The van der Waals surface area contributed by atoms with Gasteiger partial charge >= 0.3 is 5.97 Å². The van der Waals surface area contributed by atoms with Gasteiger partial charge in [0.1, 0.15) is 23.4 Å². The largest absolute Gasteiger partial charge is 0.458 e. The number of halogens is 1. The lowest BCUT2D eigenvalue weighted by Crippen LogP contribution is -2.31. The molecule has 0 spiro atoms. The monoisotopic (exact) mass is 547 g/mol. The molecule has 41 heavy (non-hydrogen) atoms. The van der Waals surface area contributed by atoms with Crippen molar-refractivity contribution in [2.45, 2.75) is 25.0 Å². The number of carbonyl (C=O) groups excluding carboxylic acids is 1. The van der Waals surface area contributed by atoms with Gasteiger partial charge in [-0.05, 0) is 48.5 Å². The van der Waals surface area contributed by atoms with Crippen molar-refractivity contribution in [3.8, 4) is 34.0 Å². The minimum atomic E-state index is -0.772. The number of esters is 1. The topological polar surface area (TPSA) is 102 Å². The molecule has 0 bridgehead atoms. The van der Waals surface area contributed by atoms with Gasteiger partial charge in [-0.15, -0.1) is 0 Å². The van der Waals surface area contributed by atoms with Crippen LogP contribution in [0.4, 0.5) is 16.0 Å². The Balaban J connectivity index is 1.51. The third-order valence-corrected chi connectivity index (χ3v) is 6.63. The van der Waals surface area contributed by atoms with E-state index in [1.807, 2.05) is 65.2 Å². The van der Waals surface area contributed by atoms with E-state index in [1.165, 1.54) is 12.1 Å². The summed E-state index contributed by atoms with van der Waals surface area (Å²) >= 11 is 0. The third-order valence-electron chi connectivity index (χ3n) is 6.63. The lowest BCUT2D eigenvalue weighted by Gasteiger charge is -2.23. The first kappa shape index (κ1) is 26.1. The van der Waals surface area contributed by atoms with E-state index < -0.39 is 18.2 Å². The zero-order valence-electron chi connectivity index (χ0n) is 21.9. The van der Waals surface area contributed by atoms with Crippen molar-refractivity contribution in [1.82, 2.24) is 19.5 Å². The van der Waals surface area contributed by atoms with E-state index >= 15 is 0 Å². The fraction of sp³-hybridized carbons (Fsp3) is 0.125. The van der Waals surface area contributed by atoms with Crippen molar-refractivity contribution >= 4 is 23.8 Å². The number of aliphatic hydroxyl groups is 1. The lowest BCUT2D eigenvalue weighted by atomic mass is 10.1. The maximum Gasteiger partial charge on any atom is 0.309 e. The van der Waals surface area contributed by atoms with E-state index in [1.54, 1.807) is 36.7 Å². The molecule has 3 aromatic carbocycles. The quantitative estimate of drug-likeness (QED) is 0.238. The van der Waals surface area contributed by atoms with E-state index in [9.17, 15) is 14.3 Å². The van der Waals surface area contributed by atoms with Gasteiger partial charge in [0.15, 0.2) is 0 Å². The molecule has 0 unspecified atom stereocenters. The Morgan fingerprint density at radius 1 is 0.927 bits per heavy atom. The average molecular weight is 548 g/mol. The molecular formula is C32H26FN5O3. The summed E-state index contributed by atoms with van der Waals surface area (Å²) in [4.78, 5) is 26.1. The van der Waals surface area contributed by atoms with Crippen LogP contribution in [-0.4, -0.2) is 42.8 Å². The summed E-state index contributed by atoms with van der Waals surface area (Å²) in [5, 5.41) is 13.3. The minimum absolute atomic E-state index is 0.0251. The van der Waals surface area contributed by atoms with Gasteiger partial charge in [0.25, 0.3) is 0 Å². The SMILES string of the molecule is O=C1C[C@H](O)C[C@H](/C=C/n2c(-c3ccccc3)nc(-c3ccnc(Nc4ccccc4)n3)c2-c2ccc(F)cc2)O1. The smallest absolute Gasteiger partial charge is 0.309 e. The summed E-state index contributed by atoms with van der Waals surface area (Å²) in [6.45, 7) is 0. The van der Waals surface area contributed by atoms with Crippen molar-refractivity contribution in [1.29, 1.82) is 0 Å². The van der Waals surface area contributed by atoms with Gasteiger partial charge in [-0.2, -0.15) is 0 Å². The normalized spacial score (nSPS) is 17.0. The number of imidazole rings is 1. The van der Waals surface area contributed by atoms with Gasteiger partial charge in [0.05, 0.1) is 23.9 Å². The highest BCUT2D eigenvalue weighted by Crippen LogP contribution is 2.36. The number of nitrogens with zero attached hydrogens (tertiary/aromatic N) is 4. The predicted octanol–water partition coefficient (Wildman–Crippen LogP) is 6.09. The molecule has 204 valence electrons. The number of hydrogen-bond donors (Lipinski definition) is 2. The second kappa shape index (κ2) is 11.5. The molecule has 1 fully saturated rings. The van der Waals surface area contributed by atoms with Crippen molar-refractivity contribution in [3.05, 3.63) is 109 Å². The van der Waals surface area contributed by atoms with Gasteiger partial charge in [-0.3, -0.25) is 9.36 Å². The molecule has 0 radical (unpaired) electrons. The number of aromatic nitrogens is 4. The molecule has 5 aromatic rings. The second-order valence-corrected chi connectivity index (χ2v) is 9.60. The predicted molar refractivity (Wildman–Crippen MR) is 154 cm³/mol. The number of ether oxygens (including phenoxy) is 1. The van der Waals surface area contributed by atoms with Crippen LogP contribution in [0.1, 0.15) is 12.8 Å². The summed E-state index contributed by atoms with van der Waals surface area (Å²) in [5.41, 5.74) is 4.15. The summed E-state index contributed by atoms with van der Waals surface area (Å²) in [7, 11) is 0. The van der Waals surface area contributed by atoms with Crippen LogP contribution in [0.5, 0.6) is 0 Å². The van der Waals surface area contributed by atoms with Crippen molar-refractivity contribution in [2.75, 3.05) is 5.32 Å². The van der Waals surface area contributed by atoms with Crippen LogP contribution < -0.4 is 5.32 Å². The van der Waals surface area contributed by atoms with Crippen molar-refractivity contribution in [3.63, 3.8) is 0 Å². The van der Waals surface area contributed by atoms with Gasteiger partial charge in [-0.1, -0.05) is 48.5 Å². The van der Waals surface area contributed by atoms with Crippen molar-refractivity contribution in [2.24, 2.45) is 0 Å². The van der Waals surface area contributed by atoms with E-state index in [0.29, 0.717) is 34.4 Å². The highest BCUT2D eigenvalue weighted by atomic mass is 19.1. The van der Waals surface area contributed by atoms with Crippen LogP contribution in [0.2, 0.25) is 0 Å². The Bertz CT molecular complexity index is 1690. The highest BCUT2D eigenvalue weighted by Gasteiger charge is 2.26. The van der Waals surface area contributed by atoms with Crippen LogP contribution in [0.15, 0.2) is 103 Å². The van der Waals surface area contributed by atoms with E-state index in [-0.39, 0.29) is 18.7 Å². The number of carbonyl (C=O) groups is 1. The molecule has 0 aliphatic carbocycles. The van der Waals surface area contributed by atoms with Crippen LogP contribution >= 0.6 is 0 Å². The van der Waals surface area contributed by atoms with Crippen LogP contribution in [0.25, 0.3) is 40.2 Å². The van der Waals surface area contributed by atoms with Crippen molar-refractivity contribution < 1.29 is 19.0 Å². The summed E-state index contributed by atoms with van der Waals surface area (Å²) in [6, 6.07) is 27.2. The van der Waals surface area contributed by atoms with E-state index in [4.69, 9.17) is 14.7 Å². The number of hydrogen-bond acceptors (Lipinski definition) is 7. The zero-order valence-corrected chi connectivity index (χ0v) is 21.9. The van der Waals surface area contributed by atoms with Gasteiger partial charge in [-0.25, -0.2) is 19.3 Å². The molecule has 6 rings (SSSR count). The zero-order chi connectivity index (χ0) is 28.2. The molecule has 2 atom stereocenters. The second-order valence-electron chi connectivity index (χ2n) is 9.60. The molecular weight excluding hydrogens is 521 g/mol. The number of para-hydroxylation sites is 1. The molecule has 9 heteroatoms. The average Bonchev–Trinajstić information content (AvgIpc) is 3.37. The first-order valence-corrected chi connectivity index (χ1v) is 13.2. The maximum absolute atomic E-state index is 14.0. The Labute approximate surface area is 235 Å². The number of benzene rings is 3. The molecule has 0 saturated carbocycles. The number of cyclic esters (lactones) is 1. The molecule has 1 aliphatic heterocycles. The molecule has 8 nitrogen and oxygen atoms in total. The molecule has 0 amide bonds. The highest BCUT2D eigenvalue weighted by molar-refractivity contribution is 5.83. The minimum Gasteiger partial charge on any atom is -0.458 e. The van der Waals surface area contributed by atoms with E-state index in [0.717, 1.165) is 11.3 Å². The summed E-state index contributed by atoms with van der Waals surface area (Å²) in [6.07, 6.45) is 4.04. The van der Waals surface area contributed by atoms with Crippen LogP contribution in [0, 0.1) is 5.82 Å². The molecule has 2 aromatic heterocycles. The fourth-order valence-electron chi connectivity index (χ4n) is 4.74. The van der Waals surface area contributed by atoms with Crippen LogP contribution in [-0.2, 0) is 9.53 Å². The number of nitrogens with one attached hydrogen (secondary N) is 1. The van der Waals surface area contributed by atoms with Gasteiger partial charge in [0.2, 0.25) is 5.95 Å². The standard InChI is InChI=1S/C32H26FN5O3/c33-23-13-11-21(12-14-23)30-29(27-15-17-34-32(36-27)35-24-9-5-2-6-10-24)37-31(22-7-3-1-4-8-22)38(30)18-16-26-19-25(39)20-28(40)41-26/h1-18,25-26,39H,19-20H2,(H,34,35,36)/b18-16+/t25-,26+/m1/s1. The fourth-order valence-corrected chi connectivity index (χ4v) is 4.74. The maximum atomic E-state index is 14.0. The van der Waals surface area contributed by atoms with Gasteiger partial charge in [0, 0.05) is 35.6 Å². The van der Waals surface area contributed by atoms with Crippen LogP contribution in [0.3, 0.4) is 0 Å². The summed E-state index contributed by atoms with van der Waals surface area (Å²) in [5.74, 6) is 0.189. The third kappa shape index (κ3) is 5.90. The Morgan fingerprint density at radius 2 is 1.66 bits per heavy atom. The molecule has 1 saturated heterocycles. The molecule has 2 N–H and O–H groups in total. The van der Waals surface area contributed by atoms with Gasteiger partial charge < -0.3 is 15.2 Å². The summed E-state index contributed by atoms with van der Waals surface area (Å²) < 4.78 is 21.3. The first-order chi connectivity index (χ1) is 20.0. The number of anilines is 2.